The van der Waals surface area contributed by atoms with Crippen LogP contribution >= 0.6 is 0 Å². The molecule has 33 heavy (non-hydrogen) atoms. The first-order valence-corrected chi connectivity index (χ1v) is 11.0. The Morgan fingerprint density at radius 1 is 0.970 bits per heavy atom. The van der Waals surface area contributed by atoms with E-state index in [4.69, 9.17) is 0 Å². The largest absolute Gasteiger partial charge is 0.354 e. The zero-order chi connectivity index (χ0) is 22.6. The normalized spacial score (nSPS) is 13.0. The average Bonchev–Trinajstić information content (AvgIpc) is 3.54. The van der Waals surface area contributed by atoms with E-state index in [1.165, 1.54) is 11.9 Å². The molecule has 0 aliphatic heterocycles. The van der Waals surface area contributed by atoms with Crippen molar-refractivity contribution in [3.8, 4) is 11.3 Å². The Morgan fingerprint density at radius 3 is 2.39 bits per heavy atom. The number of fused-ring (bicyclic) bond motifs is 1. The molecule has 2 N–H and O–H groups in total. The van der Waals surface area contributed by atoms with Gasteiger partial charge in [0.2, 0.25) is 5.91 Å². The highest BCUT2D eigenvalue weighted by Crippen LogP contribution is 2.38. The molecule has 6 heteroatoms. The fourth-order valence-electron chi connectivity index (χ4n) is 4.32. The number of carbonyl (C=O) groups excluding carboxylic acids is 1. The van der Waals surface area contributed by atoms with Crippen molar-refractivity contribution in [2.24, 2.45) is 0 Å². The lowest BCUT2D eigenvalue weighted by atomic mass is 9.87. The van der Waals surface area contributed by atoms with E-state index in [-0.39, 0.29) is 11.8 Å². The summed E-state index contributed by atoms with van der Waals surface area (Å²) < 4.78 is 1.56. The number of nitrogens with one attached hydrogen (secondary N) is 2. The number of para-hydroxylation sites is 1. The molecule has 0 bridgehead atoms. The second-order valence-electron chi connectivity index (χ2n) is 8.09. The predicted molar refractivity (Wildman–Crippen MR) is 130 cm³/mol. The Hall–Kier alpha value is -4.19. The number of amides is 1. The summed E-state index contributed by atoms with van der Waals surface area (Å²) in [6, 6.07) is 28.6. The molecule has 2 aromatic heterocycles. The molecule has 2 unspecified atom stereocenters. The molecule has 0 fully saturated rings. The van der Waals surface area contributed by atoms with E-state index in [2.05, 4.69) is 62.8 Å². The van der Waals surface area contributed by atoms with Gasteiger partial charge in [-0.25, -0.2) is 9.67 Å². The van der Waals surface area contributed by atoms with Crippen LogP contribution in [0.15, 0.2) is 97.6 Å². The van der Waals surface area contributed by atoms with Gasteiger partial charge >= 0.3 is 0 Å². The van der Waals surface area contributed by atoms with E-state index in [0.717, 1.165) is 27.7 Å². The molecule has 0 aliphatic rings. The third-order valence-electron chi connectivity index (χ3n) is 6.05. The van der Waals surface area contributed by atoms with Crippen molar-refractivity contribution in [3.63, 3.8) is 0 Å². The lowest BCUT2D eigenvalue weighted by Crippen LogP contribution is -2.34. The predicted octanol–water partition coefficient (Wildman–Crippen LogP) is 4.94. The summed E-state index contributed by atoms with van der Waals surface area (Å²) in [6.45, 7) is 2.28. The standard InChI is InChI=1S/C27H25N5O/c1-19(32-18-28-17-30-32)27(33)29-16-23(20-10-4-2-5-11-20)25-22-14-8-9-15-24(22)31-26(25)21-12-6-3-7-13-21/h2-15,17-19,23,31H,16H2,1H3,(H,29,33). The number of aromatic amines is 1. The Kier molecular flexibility index (Phi) is 5.72. The van der Waals surface area contributed by atoms with Gasteiger partial charge in [0.25, 0.3) is 0 Å². The van der Waals surface area contributed by atoms with Gasteiger partial charge in [-0.05, 0) is 29.7 Å². The number of hydrogen-bond acceptors (Lipinski definition) is 3. The van der Waals surface area contributed by atoms with Crippen molar-refractivity contribution < 1.29 is 4.79 Å². The van der Waals surface area contributed by atoms with Crippen LogP contribution < -0.4 is 5.32 Å². The molecule has 2 heterocycles. The molecule has 1 amide bonds. The zero-order valence-corrected chi connectivity index (χ0v) is 18.3. The minimum atomic E-state index is -0.444. The number of aromatic nitrogens is 4. The first-order chi connectivity index (χ1) is 16.2. The van der Waals surface area contributed by atoms with Crippen LogP contribution in [-0.2, 0) is 4.79 Å². The smallest absolute Gasteiger partial charge is 0.244 e. The lowest BCUT2D eigenvalue weighted by Gasteiger charge is -2.21. The Bertz CT molecular complexity index is 1340. The number of hydrogen-bond donors (Lipinski definition) is 2. The average molecular weight is 436 g/mol. The molecule has 0 radical (unpaired) electrons. The fourth-order valence-corrected chi connectivity index (χ4v) is 4.32. The Morgan fingerprint density at radius 2 is 1.67 bits per heavy atom. The zero-order valence-electron chi connectivity index (χ0n) is 18.3. The van der Waals surface area contributed by atoms with Crippen molar-refractivity contribution in [2.75, 3.05) is 6.54 Å². The van der Waals surface area contributed by atoms with Crippen LogP contribution in [0.5, 0.6) is 0 Å². The van der Waals surface area contributed by atoms with Gasteiger partial charge in [-0.15, -0.1) is 0 Å². The third-order valence-corrected chi connectivity index (χ3v) is 6.05. The second kappa shape index (κ2) is 9.12. The number of carbonyl (C=O) groups is 1. The maximum absolute atomic E-state index is 13.0. The molecule has 6 nitrogen and oxygen atoms in total. The monoisotopic (exact) mass is 435 g/mol. The number of nitrogens with zero attached hydrogens (tertiary/aromatic N) is 3. The van der Waals surface area contributed by atoms with Gasteiger partial charge in [-0.3, -0.25) is 4.79 Å². The highest BCUT2D eigenvalue weighted by Gasteiger charge is 2.25. The van der Waals surface area contributed by atoms with E-state index in [1.54, 1.807) is 11.0 Å². The van der Waals surface area contributed by atoms with Gasteiger partial charge in [-0.2, -0.15) is 5.10 Å². The molecule has 0 saturated carbocycles. The molecule has 0 spiro atoms. The Labute approximate surface area is 192 Å². The number of benzene rings is 3. The van der Waals surface area contributed by atoms with Gasteiger partial charge in [0, 0.05) is 23.4 Å². The molecular weight excluding hydrogens is 410 g/mol. The lowest BCUT2D eigenvalue weighted by molar-refractivity contribution is -0.124. The summed E-state index contributed by atoms with van der Waals surface area (Å²) in [5, 5.41) is 8.42. The van der Waals surface area contributed by atoms with Crippen LogP contribution in [0.3, 0.4) is 0 Å². The highest BCUT2D eigenvalue weighted by atomic mass is 16.2. The highest BCUT2D eigenvalue weighted by molar-refractivity contribution is 5.92. The summed E-state index contributed by atoms with van der Waals surface area (Å²) in [6.07, 6.45) is 3.00. The van der Waals surface area contributed by atoms with E-state index in [0.29, 0.717) is 6.54 Å². The number of H-pyrrole nitrogens is 1. The molecule has 3 aromatic carbocycles. The van der Waals surface area contributed by atoms with E-state index in [9.17, 15) is 4.79 Å². The van der Waals surface area contributed by atoms with Crippen molar-refractivity contribution in [3.05, 3.63) is 109 Å². The van der Waals surface area contributed by atoms with Crippen LogP contribution in [0, 0.1) is 0 Å². The van der Waals surface area contributed by atoms with E-state index >= 15 is 0 Å². The molecular formula is C27H25N5O. The third kappa shape index (κ3) is 4.15. The second-order valence-corrected chi connectivity index (χ2v) is 8.09. The molecule has 5 aromatic rings. The summed E-state index contributed by atoms with van der Waals surface area (Å²) in [5.74, 6) is -0.132. The summed E-state index contributed by atoms with van der Waals surface area (Å²) in [7, 11) is 0. The topological polar surface area (TPSA) is 75.6 Å². The molecule has 0 aliphatic carbocycles. The van der Waals surface area contributed by atoms with Crippen molar-refractivity contribution in [1.82, 2.24) is 25.1 Å². The first-order valence-electron chi connectivity index (χ1n) is 11.0. The van der Waals surface area contributed by atoms with Crippen LogP contribution in [0.4, 0.5) is 0 Å². The maximum atomic E-state index is 13.0. The van der Waals surface area contributed by atoms with Gasteiger partial charge < -0.3 is 10.3 Å². The van der Waals surface area contributed by atoms with Crippen molar-refractivity contribution >= 4 is 16.8 Å². The van der Waals surface area contributed by atoms with Crippen LogP contribution in [-0.4, -0.2) is 32.2 Å². The SMILES string of the molecule is CC(C(=O)NCC(c1ccccc1)c1c(-c2ccccc2)[nH]c2ccccc12)n1cncn1. The van der Waals surface area contributed by atoms with Gasteiger partial charge in [0.05, 0.1) is 5.69 Å². The molecule has 0 saturated heterocycles. The molecule has 164 valence electrons. The van der Waals surface area contributed by atoms with Crippen molar-refractivity contribution in [2.45, 2.75) is 18.9 Å². The summed E-state index contributed by atoms with van der Waals surface area (Å²) >= 11 is 0. The number of rotatable bonds is 7. The summed E-state index contributed by atoms with van der Waals surface area (Å²) in [4.78, 5) is 20.5. The van der Waals surface area contributed by atoms with E-state index < -0.39 is 6.04 Å². The minimum absolute atomic E-state index is 0.0375. The molecule has 5 rings (SSSR count). The van der Waals surface area contributed by atoms with Gasteiger partial charge in [0.1, 0.15) is 18.7 Å². The van der Waals surface area contributed by atoms with Crippen LogP contribution in [0.2, 0.25) is 0 Å². The fraction of sp³-hybridized carbons (Fsp3) is 0.148. The summed E-state index contributed by atoms with van der Waals surface area (Å²) in [5.41, 5.74) is 5.59. The maximum Gasteiger partial charge on any atom is 0.244 e. The van der Waals surface area contributed by atoms with E-state index in [1.807, 2.05) is 49.4 Å². The Balaban J connectivity index is 1.57. The van der Waals surface area contributed by atoms with Gasteiger partial charge in [-0.1, -0.05) is 78.9 Å². The van der Waals surface area contributed by atoms with Crippen LogP contribution in [0.25, 0.3) is 22.2 Å². The minimum Gasteiger partial charge on any atom is -0.354 e. The van der Waals surface area contributed by atoms with Gasteiger partial charge in [0.15, 0.2) is 0 Å². The van der Waals surface area contributed by atoms with Crippen molar-refractivity contribution in [1.29, 1.82) is 0 Å². The molecule has 2 atom stereocenters. The quantitative estimate of drug-likeness (QED) is 0.380. The first kappa shape index (κ1) is 20.7. The van der Waals surface area contributed by atoms with Crippen LogP contribution in [0.1, 0.15) is 30.0 Å².